The summed E-state index contributed by atoms with van der Waals surface area (Å²) >= 11 is 0. The molecule has 0 aliphatic carbocycles. The molecule has 0 radical (unpaired) electrons. The van der Waals surface area contributed by atoms with Gasteiger partial charge >= 0.3 is 0 Å². The maximum absolute atomic E-state index is 5.27. The van der Waals surface area contributed by atoms with Gasteiger partial charge in [0.25, 0.3) is 0 Å². The number of piperidine rings is 1. The van der Waals surface area contributed by atoms with Gasteiger partial charge in [-0.1, -0.05) is 0 Å². The van der Waals surface area contributed by atoms with E-state index in [-0.39, 0.29) is 0 Å². The molecular formula is C16H22N2O. The zero-order valence-corrected chi connectivity index (χ0v) is 11.6. The molecule has 1 N–H and O–H groups in total. The van der Waals surface area contributed by atoms with Crippen LogP contribution < -0.4 is 10.1 Å². The Bertz CT molecular complexity index is 541. The Kier molecular flexibility index (Phi) is 3.74. The Morgan fingerprint density at radius 1 is 1.37 bits per heavy atom. The van der Waals surface area contributed by atoms with E-state index in [2.05, 4.69) is 34.3 Å². The van der Waals surface area contributed by atoms with Crippen LogP contribution in [0.2, 0.25) is 0 Å². The van der Waals surface area contributed by atoms with Crippen LogP contribution in [0.25, 0.3) is 10.9 Å². The molecule has 3 heteroatoms. The number of nitrogens with zero attached hydrogens (tertiary/aromatic N) is 1. The number of hydrogen-bond donors (Lipinski definition) is 1. The van der Waals surface area contributed by atoms with Gasteiger partial charge in [0.2, 0.25) is 0 Å². The van der Waals surface area contributed by atoms with E-state index in [9.17, 15) is 0 Å². The van der Waals surface area contributed by atoms with E-state index in [4.69, 9.17) is 4.74 Å². The van der Waals surface area contributed by atoms with Crippen LogP contribution in [0.4, 0.5) is 0 Å². The molecule has 1 aliphatic rings. The fourth-order valence-corrected chi connectivity index (χ4v) is 2.99. The molecule has 1 aliphatic heterocycles. The molecule has 0 bridgehead atoms. The summed E-state index contributed by atoms with van der Waals surface area (Å²) < 4.78 is 7.63. The maximum Gasteiger partial charge on any atom is 0.119 e. The molecule has 1 atom stereocenters. The minimum atomic E-state index is 0.837. The molecule has 2 heterocycles. The van der Waals surface area contributed by atoms with Gasteiger partial charge in [0.15, 0.2) is 0 Å². The minimum absolute atomic E-state index is 0.837. The number of fused-ring (bicyclic) bond motifs is 1. The lowest BCUT2D eigenvalue weighted by atomic mass is 9.96. The van der Waals surface area contributed by atoms with Gasteiger partial charge in [-0.05, 0) is 62.5 Å². The molecule has 1 aromatic heterocycles. The van der Waals surface area contributed by atoms with Crippen molar-refractivity contribution < 1.29 is 4.74 Å². The highest BCUT2D eigenvalue weighted by atomic mass is 16.5. The maximum atomic E-state index is 5.27. The van der Waals surface area contributed by atoms with Crippen LogP contribution in [0.3, 0.4) is 0 Å². The highest BCUT2D eigenvalue weighted by Crippen LogP contribution is 2.23. The number of nitrogens with one attached hydrogen (secondary N) is 1. The molecule has 1 saturated heterocycles. The minimum Gasteiger partial charge on any atom is -0.497 e. The van der Waals surface area contributed by atoms with Crippen molar-refractivity contribution in [3.8, 4) is 5.75 Å². The second kappa shape index (κ2) is 5.66. The largest absolute Gasteiger partial charge is 0.497 e. The van der Waals surface area contributed by atoms with Crippen LogP contribution in [-0.2, 0) is 6.54 Å². The Labute approximate surface area is 114 Å². The lowest BCUT2D eigenvalue weighted by Gasteiger charge is -2.22. The molecule has 102 valence electrons. The van der Waals surface area contributed by atoms with Gasteiger partial charge in [0.05, 0.1) is 7.11 Å². The number of rotatable bonds is 4. The zero-order valence-electron chi connectivity index (χ0n) is 11.6. The van der Waals surface area contributed by atoms with Crippen molar-refractivity contribution in [2.24, 2.45) is 5.92 Å². The monoisotopic (exact) mass is 258 g/mol. The van der Waals surface area contributed by atoms with E-state index >= 15 is 0 Å². The van der Waals surface area contributed by atoms with Crippen LogP contribution in [-0.4, -0.2) is 24.8 Å². The van der Waals surface area contributed by atoms with E-state index in [0.717, 1.165) is 18.2 Å². The Morgan fingerprint density at radius 2 is 2.32 bits per heavy atom. The number of methoxy groups -OCH3 is 1. The Morgan fingerprint density at radius 3 is 3.11 bits per heavy atom. The van der Waals surface area contributed by atoms with Crippen LogP contribution in [0, 0.1) is 5.92 Å². The van der Waals surface area contributed by atoms with Crippen molar-refractivity contribution >= 4 is 10.9 Å². The predicted molar refractivity (Wildman–Crippen MR) is 78.7 cm³/mol. The normalized spacial score (nSPS) is 19.7. The van der Waals surface area contributed by atoms with Crippen molar-refractivity contribution in [2.75, 3.05) is 20.2 Å². The van der Waals surface area contributed by atoms with Gasteiger partial charge < -0.3 is 14.6 Å². The van der Waals surface area contributed by atoms with Gasteiger partial charge in [0, 0.05) is 23.6 Å². The topological polar surface area (TPSA) is 26.2 Å². The van der Waals surface area contributed by atoms with Crippen molar-refractivity contribution in [1.29, 1.82) is 0 Å². The van der Waals surface area contributed by atoms with Crippen LogP contribution in [0.1, 0.15) is 19.3 Å². The van der Waals surface area contributed by atoms with E-state index in [1.807, 2.05) is 6.07 Å². The highest BCUT2D eigenvalue weighted by Gasteiger charge is 2.13. The third-order valence-electron chi connectivity index (χ3n) is 4.16. The summed E-state index contributed by atoms with van der Waals surface area (Å²) in [6.07, 6.45) is 6.16. The number of hydrogen-bond acceptors (Lipinski definition) is 2. The summed E-state index contributed by atoms with van der Waals surface area (Å²) in [5.74, 6) is 1.77. The summed E-state index contributed by atoms with van der Waals surface area (Å²) in [5, 5.41) is 4.76. The zero-order chi connectivity index (χ0) is 13.1. The molecule has 3 nitrogen and oxygen atoms in total. The SMILES string of the molecule is COc1ccc2c(ccn2CCC2CCCNC2)c1. The van der Waals surface area contributed by atoms with Gasteiger partial charge in [-0.25, -0.2) is 0 Å². The van der Waals surface area contributed by atoms with Crippen molar-refractivity contribution in [3.63, 3.8) is 0 Å². The van der Waals surface area contributed by atoms with Crippen molar-refractivity contribution in [1.82, 2.24) is 9.88 Å². The highest BCUT2D eigenvalue weighted by molar-refractivity contribution is 5.81. The van der Waals surface area contributed by atoms with E-state index in [1.54, 1.807) is 7.11 Å². The summed E-state index contributed by atoms with van der Waals surface area (Å²) in [6.45, 7) is 3.50. The van der Waals surface area contributed by atoms with Crippen molar-refractivity contribution in [2.45, 2.75) is 25.8 Å². The third-order valence-corrected chi connectivity index (χ3v) is 4.16. The van der Waals surface area contributed by atoms with E-state index in [1.165, 1.54) is 43.3 Å². The van der Waals surface area contributed by atoms with Gasteiger partial charge in [-0.15, -0.1) is 0 Å². The molecule has 1 fully saturated rings. The lowest BCUT2D eigenvalue weighted by Crippen LogP contribution is -2.30. The van der Waals surface area contributed by atoms with Crippen LogP contribution in [0.5, 0.6) is 5.75 Å². The predicted octanol–water partition coefficient (Wildman–Crippen LogP) is 3.04. The number of benzene rings is 1. The quantitative estimate of drug-likeness (QED) is 0.912. The summed E-state index contributed by atoms with van der Waals surface area (Å²) in [7, 11) is 1.72. The number of aromatic nitrogens is 1. The average molecular weight is 258 g/mol. The number of ether oxygens (including phenoxy) is 1. The molecule has 1 unspecified atom stereocenters. The smallest absolute Gasteiger partial charge is 0.119 e. The molecule has 1 aromatic carbocycles. The number of aryl methyl sites for hydroxylation is 1. The fourth-order valence-electron chi connectivity index (χ4n) is 2.99. The fraction of sp³-hybridized carbons (Fsp3) is 0.500. The second-order valence-electron chi connectivity index (χ2n) is 5.43. The second-order valence-corrected chi connectivity index (χ2v) is 5.43. The molecule has 0 spiro atoms. The Hall–Kier alpha value is -1.48. The first kappa shape index (κ1) is 12.5. The van der Waals surface area contributed by atoms with Gasteiger partial charge in [-0.2, -0.15) is 0 Å². The lowest BCUT2D eigenvalue weighted by molar-refractivity contribution is 0.343. The average Bonchev–Trinajstić information content (AvgIpc) is 2.88. The van der Waals surface area contributed by atoms with E-state index < -0.39 is 0 Å². The summed E-state index contributed by atoms with van der Waals surface area (Å²) in [5.41, 5.74) is 1.31. The molecule has 0 saturated carbocycles. The molecule has 2 aromatic rings. The first-order chi connectivity index (χ1) is 9.36. The first-order valence-electron chi connectivity index (χ1n) is 7.20. The summed E-state index contributed by atoms with van der Waals surface area (Å²) in [6, 6.07) is 8.49. The molecule has 19 heavy (non-hydrogen) atoms. The Balaban J connectivity index is 1.70. The van der Waals surface area contributed by atoms with Gasteiger partial charge in [-0.3, -0.25) is 0 Å². The van der Waals surface area contributed by atoms with Crippen LogP contribution in [0.15, 0.2) is 30.5 Å². The molecule has 0 amide bonds. The standard InChI is InChI=1S/C16H22N2O/c1-19-15-4-5-16-14(11-15)7-10-18(16)9-6-13-3-2-8-17-12-13/h4-5,7,10-11,13,17H,2-3,6,8-9,12H2,1H3. The summed E-state index contributed by atoms with van der Waals surface area (Å²) in [4.78, 5) is 0. The van der Waals surface area contributed by atoms with Crippen molar-refractivity contribution in [3.05, 3.63) is 30.5 Å². The van der Waals surface area contributed by atoms with E-state index in [0.29, 0.717) is 0 Å². The molecule has 3 rings (SSSR count). The molecular weight excluding hydrogens is 236 g/mol. The van der Waals surface area contributed by atoms with Crippen LogP contribution >= 0.6 is 0 Å². The third kappa shape index (κ3) is 2.76. The first-order valence-corrected chi connectivity index (χ1v) is 7.20. The van der Waals surface area contributed by atoms with Gasteiger partial charge in [0.1, 0.15) is 5.75 Å².